The normalized spacial score (nSPS) is 13.1. The number of likely N-dealkylation sites (N-methyl/N-ethyl adjacent to an activating group) is 1. The number of carbonyl (C=O) groups is 1. The molecular weight excluding hydrogens is 252 g/mol. The first kappa shape index (κ1) is 16.5. The van der Waals surface area contributed by atoms with Gasteiger partial charge in [-0.3, -0.25) is 4.90 Å². The van der Waals surface area contributed by atoms with Gasteiger partial charge in [0.1, 0.15) is 5.60 Å². The van der Waals surface area contributed by atoms with Crippen LogP contribution in [0.4, 0.5) is 4.79 Å². The van der Waals surface area contributed by atoms with Crippen molar-refractivity contribution in [1.82, 2.24) is 10.2 Å². The molecule has 20 heavy (non-hydrogen) atoms. The Hall–Kier alpha value is -1.55. The number of carbonyl (C=O) groups excluding carboxylic acids is 1. The van der Waals surface area contributed by atoms with Gasteiger partial charge in [0.15, 0.2) is 0 Å². The quantitative estimate of drug-likeness (QED) is 0.900. The van der Waals surface area contributed by atoms with Crippen LogP contribution >= 0.6 is 0 Å². The monoisotopic (exact) mass is 278 g/mol. The van der Waals surface area contributed by atoms with E-state index in [1.165, 1.54) is 5.56 Å². The van der Waals surface area contributed by atoms with E-state index in [0.29, 0.717) is 6.54 Å². The molecule has 0 aliphatic carbocycles. The molecule has 0 bridgehead atoms. The topological polar surface area (TPSA) is 41.6 Å². The third kappa shape index (κ3) is 6.57. The number of rotatable bonds is 5. The standard InChI is InChI=1S/C16H26N2O2/c1-13(11-17-15(19)20-16(2,3)4)18(5)12-14-9-7-6-8-10-14/h6-10,13H,11-12H2,1-5H3,(H,17,19). The summed E-state index contributed by atoms with van der Waals surface area (Å²) in [6.45, 7) is 9.09. The third-order valence-electron chi connectivity index (χ3n) is 2.97. The Morgan fingerprint density at radius 1 is 1.30 bits per heavy atom. The second-order valence-corrected chi connectivity index (χ2v) is 6.13. The predicted molar refractivity (Wildman–Crippen MR) is 81.6 cm³/mol. The van der Waals surface area contributed by atoms with Crippen LogP contribution in [0.3, 0.4) is 0 Å². The molecule has 0 fully saturated rings. The average Bonchev–Trinajstić information content (AvgIpc) is 2.35. The smallest absolute Gasteiger partial charge is 0.407 e. The van der Waals surface area contributed by atoms with E-state index in [4.69, 9.17) is 4.74 Å². The molecule has 4 nitrogen and oxygen atoms in total. The molecule has 0 aliphatic rings. The number of amides is 1. The Balaban J connectivity index is 2.35. The average molecular weight is 278 g/mol. The molecule has 4 heteroatoms. The second-order valence-electron chi connectivity index (χ2n) is 6.13. The fraction of sp³-hybridized carbons (Fsp3) is 0.562. The van der Waals surface area contributed by atoms with Gasteiger partial charge >= 0.3 is 6.09 Å². The first-order valence-corrected chi connectivity index (χ1v) is 6.99. The fourth-order valence-electron chi connectivity index (χ4n) is 1.73. The first-order chi connectivity index (χ1) is 9.28. The van der Waals surface area contributed by atoms with Gasteiger partial charge in [-0.25, -0.2) is 4.79 Å². The molecule has 0 saturated carbocycles. The molecule has 1 amide bonds. The highest BCUT2D eigenvalue weighted by Gasteiger charge is 2.17. The summed E-state index contributed by atoms with van der Waals surface area (Å²) in [6, 6.07) is 10.5. The number of nitrogens with zero attached hydrogens (tertiary/aromatic N) is 1. The molecule has 1 rings (SSSR count). The van der Waals surface area contributed by atoms with E-state index in [1.54, 1.807) is 0 Å². The first-order valence-electron chi connectivity index (χ1n) is 6.99. The summed E-state index contributed by atoms with van der Waals surface area (Å²) in [6.07, 6.45) is -0.363. The van der Waals surface area contributed by atoms with Crippen molar-refractivity contribution in [2.75, 3.05) is 13.6 Å². The van der Waals surface area contributed by atoms with Crippen LogP contribution in [-0.4, -0.2) is 36.2 Å². The molecule has 1 aromatic carbocycles. The maximum absolute atomic E-state index is 11.6. The highest BCUT2D eigenvalue weighted by Crippen LogP contribution is 2.08. The lowest BCUT2D eigenvalue weighted by Crippen LogP contribution is -2.41. The zero-order valence-electron chi connectivity index (χ0n) is 13.1. The van der Waals surface area contributed by atoms with E-state index in [2.05, 4.69) is 36.3 Å². The number of nitrogens with one attached hydrogen (secondary N) is 1. The minimum atomic E-state index is -0.455. The number of alkyl carbamates (subject to hydrolysis) is 1. The Morgan fingerprint density at radius 2 is 1.90 bits per heavy atom. The molecule has 0 aromatic heterocycles. The van der Waals surface area contributed by atoms with Gasteiger partial charge in [-0.05, 0) is 40.3 Å². The molecule has 0 heterocycles. The summed E-state index contributed by atoms with van der Waals surface area (Å²) in [7, 11) is 2.05. The molecule has 0 aliphatic heterocycles. The van der Waals surface area contributed by atoms with E-state index in [0.717, 1.165) is 6.54 Å². The highest BCUT2D eigenvalue weighted by molar-refractivity contribution is 5.67. The predicted octanol–water partition coefficient (Wildman–Crippen LogP) is 3.03. The lowest BCUT2D eigenvalue weighted by Gasteiger charge is -2.26. The van der Waals surface area contributed by atoms with Crippen molar-refractivity contribution in [2.45, 2.75) is 45.9 Å². The molecule has 0 saturated heterocycles. The summed E-state index contributed by atoms with van der Waals surface area (Å²) < 4.78 is 5.22. The van der Waals surface area contributed by atoms with Crippen LogP contribution in [0.1, 0.15) is 33.3 Å². The van der Waals surface area contributed by atoms with Crippen LogP contribution in [-0.2, 0) is 11.3 Å². The van der Waals surface area contributed by atoms with Crippen molar-refractivity contribution < 1.29 is 9.53 Å². The summed E-state index contributed by atoms with van der Waals surface area (Å²) >= 11 is 0. The lowest BCUT2D eigenvalue weighted by atomic mass is 10.2. The molecule has 0 radical (unpaired) electrons. The van der Waals surface area contributed by atoms with E-state index in [1.807, 2.05) is 39.0 Å². The summed E-state index contributed by atoms with van der Waals surface area (Å²) in [5.74, 6) is 0. The van der Waals surface area contributed by atoms with Crippen LogP contribution in [0.15, 0.2) is 30.3 Å². The Bertz CT molecular complexity index is 412. The molecule has 1 aromatic rings. The van der Waals surface area contributed by atoms with Crippen molar-refractivity contribution in [1.29, 1.82) is 0 Å². The molecule has 0 spiro atoms. The van der Waals surface area contributed by atoms with Crippen molar-refractivity contribution in [3.05, 3.63) is 35.9 Å². The Morgan fingerprint density at radius 3 is 2.45 bits per heavy atom. The number of ether oxygens (including phenoxy) is 1. The summed E-state index contributed by atoms with van der Waals surface area (Å²) in [5.41, 5.74) is 0.808. The lowest BCUT2D eigenvalue weighted by molar-refractivity contribution is 0.0512. The minimum absolute atomic E-state index is 0.239. The van der Waals surface area contributed by atoms with Crippen LogP contribution in [0.2, 0.25) is 0 Å². The molecule has 1 atom stereocenters. The summed E-state index contributed by atoms with van der Waals surface area (Å²) in [4.78, 5) is 13.8. The van der Waals surface area contributed by atoms with E-state index in [-0.39, 0.29) is 12.1 Å². The number of benzene rings is 1. The van der Waals surface area contributed by atoms with Crippen LogP contribution in [0.25, 0.3) is 0 Å². The van der Waals surface area contributed by atoms with Gasteiger partial charge in [0, 0.05) is 19.1 Å². The number of hydrogen-bond donors (Lipinski definition) is 1. The summed E-state index contributed by atoms with van der Waals surface area (Å²) in [5, 5.41) is 2.80. The fourth-order valence-corrected chi connectivity index (χ4v) is 1.73. The number of hydrogen-bond acceptors (Lipinski definition) is 3. The molecule has 1 N–H and O–H groups in total. The van der Waals surface area contributed by atoms with Crippen LogP contribution in [0.5, 0.6) is 0 Å². The zero-order valence-corrected chi connectivity index (χ0v) is 13.1. The maximum atomic E-state index is 11.6. The third-order valence-corrected chi connectivity index (χ3v) is 2.97. The highest BCUT2D eigenvalue weighted by atomic mass is 16.6. The molecule has 112 valence electrons. The largest absolute Gasteiger partial charge is 0.444 e. The van der Waals surface area contributed by atoms with Gasteiger partial charge in [0.05, 0.1) is 0 Å². The van der Waals surface area contributed by atoms with Gasteiger partial charge in [0.2, 0.25) is 0 Å². The SMILES string of the molecule is CC(CNC(=O)OC(C)(C)C)N(C)Cc1ccccc1. The van der Waals surface area contributed by atoms with Crippen LogP contribution < -0.4 is 5.32 Å². The van der Waals surface area contributed by atoms with Gasteiger partial charge in [-0.15, -0.1) is 0 Å². The van der Waals surface area contributed by atoms with Gasteiger partial charge < -0.3 is 10.1 Å². The van der Waals surface area contributed by atoms with Gasteiger partial charge in [0.25, 0.3) is 0 Å². The van der Waals surface area contributed by atoms with Gasteiger partial charge in [-0.2, -0.15) is 0 Å². The minimum Gasteiger partial charge on any atom is -0.444 e. The van der Waals surface area contributed by atoms with E-state index in [9.17, 15) is 4.79 Å². The van der Waals surface area contributed by atoms with E-state index >= 15 is 0 Å². The zero-order chi connectivity index (χ0) is 15.2. The van der Waals surface area contributed by atoms with E-state index < -0.39 is 5.60 Å². The second kappa shape index (κ2) is 7.29. The Kier molecular flexibility index (Phi) is 6.02. The van der Waals surface area contributed by atoms with Gasteiger partial charge in [-0.1, -0.05) is 30.3 Å². The van der Waals surface area contributed by atoms with Crippen molar-refractivity contribution >= 4 is 6.09 Å². The van der Waals surface area contributed by atoms with Crippen molar-refractivity contribution in [2.24, 2.45) is 0 Å². The van der Waals surface area contributed by atoms with Crippen molar-refractivity contribution in [3.8, 4) is 0 Å². The van der Waals surface area contributed by atoms with Crippen LogP contribution in [0, 0.1) is 0 Å². The maximum Gasteiger partial charge on any atom is 0.407 e. The molecule has 1 unspecified atom stereocenters. The van der Waals surface area contributed by atoms with Crippen molar-refractivity contribution in [3.63, 3.8) is 0 Å². The Labute approximate surface area is 122 Å². The molecular formula is C16H26N2O2.